The number of furan rings is 1. The van der Waals surface area contributed by atoms with Gasteiger partial charge in [-0.25, -0.2) is 4.98 Å². The number of anilines is 1. The van der Waals surface area contributed by atoms with Gasteiger partial charge in [0.1, 0.15) is 5.58 Å². The van der Waals surface area contributed by atoms with Crippen LogP contribution < -0.4 is 5.32 Å². The van der Waals surface area contributed by atoms with Crippen LogP contribution in [0.15, 0.2) is 52.6 Å². The fourth-order valence-corrected chi connectivity index (χ4v) is 4.56. The van der Waals surface area contributed by atoms with Gasteiger partial charge in [-0.3, -0.25) is 9.36 Å². The summed E-state index contributed by atoms with van der Waals surface area (Å²) in [4.78, 5) is 18.1. The Labute approximate surface area is 182 Å². The molecule has 0 aliphatic heterocycles. The van der Waals surface area contributed by atoms with Crippen LogP contribution in [0.3, 0.4) is 0 Å². The molecule has 0 aliphatic rings. The Morgan fingerprint density at radius 3 is 2.87 bits per heavy atom. The molecule has 0 saturated carbocycles. The predicted octanol–water partition coefficient (Wildman–Crippen LogP) is 5.07. The van der Waals surface area contributed by atoms with Crippen LogP contribution in [-0.2, 0) is 11.3 Å². The standard InChI is InChI=1S/C21H21N5O2S2/c1-5-10-26-18(17-11-15-8-6-7-9-16(15)28-17)24-25-21(26)30-14(4)19(27)23-20-22-12(2)13(3)29-20/h5-9,11,14H,1,10H2,2-4H3,(H,22,23,27). The molecule has 7 nitrogen and oxygen atoms in total. The third-order valence-corrected chi connectivity index (χ3v) is 6.65. The van der Waals surface area contributed by atoms with Gasteiger partial charge in [0.25, 0.3) is 0 Å². The third-order valence-electron chi connectivity index (χ3n) is 4.58. The molecule has 0 fully saturated rings. The van der Waals surface area contributed by atoms with E-state index in [9.17, 15) is 4.79 Å². The minimum absolute atomic E-state index is 0.132. The number of aromatic nitrogens is 4. The lowest BCUT2D eigenvalue weighted by Crippen LogP contribution is -2.22. The molecule has 4 rings (SSSR count). The zero-order valence-electron chi connectivity index (χ0n) is 16.9. The van der Waals surface area contributed by atoms with Gasteiger partial charge in [0.2, 0.25) is 11.7 Å². The highest BCUT2D eigenvalue weighted by molar-refractivity contribution is 8.00. The van der Waals surface area contributed by atoms with Crippen LogP contribution in [0.4, 0.5) is 5.13 Å². The molecule has 3 aromatic heterocycles. The quantitative estimate of drug-likeness (QED) is 0.320. The van der Waals surface area contributed by atoms with Crippen molar-refractivity contribution in [2.45, 2.75) is 37.7 Å². The minimum atomic E-state index is -0.384. The van der Waals surface area contributed by atoms with Crippen molar-refractivity contribution in [2.75, 3.05) is 5.32 Å². The van der Waals surface area contributed by atoms with Crippen molar-refractivity contribution in [3.05, 3.63) is 53.6 Å². The van der Waals surface area contributed by atoms with E-state index in [-0.39, 0.29) is 11.2 Å². The summed E-state index contributed by atoms with van der Waals surface area (Å²) in [6, 6.07) is 9.73. The number of para-hydroxylation sites is 1. The molecule has 0 radical (unpaired) electrons. The summed E-state index contributed by atoms with van der Waals surface area (Å²) in [5.41, 5.74) is 1.72. The summed E-state index contributed by atoms with van der Waals surface area (Å²) in [5.74, 6) is 1.10. The molecule has 1 atom stereocenters. The lowest BCUT2D eigenvalue weighted by atomic mass is 10.2. The topological polar surface area (TPSA) is 85.8 Å². The van der Waals surface area contributed by atoms with Crippen molar-refractivity contribution in [2.24, 2.45) is 0 Å². The highest BCUT2D eigenvalue weighted by Crippen LogP contribution is 2.31. The maximum Gasteiger partial charge on any atom is 0.239 e. The van der Waals surface area contributed by atoms with E-state index in [1.54, 1.807) is 6.08 Å². The smallest absolute Gasteiger partial charge is 0.239 e. The highest BCUT2D eigenvalue weighted by atomic mass is 32.2. The van der Waals surface area contributed by atoms with Crippen molar-refractivity contribution in [1.82, 2.24) is 19.7 Å². The molecule has 1 aromatic carbocycles. The van der Waals surface area contributed by atoms with Gasteiger partial charge in [0, 0.05) is 16.8 Å². The summed E-state index contributed by atoms with van der Waals surface area (Å²) >= 11 is 2.81. The first-order valence-corrected chi connectivity index (χ1v) is 11.1. The average molecular weight is 440 g/mol. The minimum Gasteiger partial charge on any atom is -0.453 e. The molecule has 1 N–H and O–H groups in total. The Bertz CT molecular complexity index is 1170. The maximum atomic E-state index is 12.6. The van der Waals surface area contributed by atoms with Crippen LogP contribution in [0.5, 0.6) is 0 Å². The molecule has 9 heteroatoms. The van der Waals surface area contributed by atoms with Crippen LogP contribution in [0.1, 0.15) is 17.5 Å². The Balaban J connectivity index is 1.56. The van der Waals surface area contributed by atoms with Gasteiger partial charge in [-0.15, -0.1) is 28.1 Å². The highest BCUT2D eigenvalue weighted by Gasteiger charge is 2.22. The van der Waals surface area contributed by atoms with Crippen molar-refractivity contribution in [1.29, 1.82) is 0 Å². The number of thiazole rings is 1. The number of fused-ring (bicyclic) bond motifs is 1. The van der Waals surface area contributed by atoms with E-state index in [1.165, 1.54) is 23.1 Å². The second-order valence-corrected chi connectivity index (χ2v) is 9.28. The number of hydrogen-bond acceptors (Lipinski definition) is 7. The van der Waals surface area contributed by atoms with E-state index in [4.69, 9.17) is 4.42 Å². The monoisotopic (exact) mass is 439 g/mol. The number of nitrogens with one attached hydrogen (secondary N) is 1. The molecule has 0 saturated heterocycles. The predicted molar refractivity (Wildman–Crippen MR) is 121 cm³/mol. The lowest BCUT2D eigenvalue weighted by molar-refractivity contribution is -0.115. The second kappa shape index (κ2) is 8.45. The number of carbonyl (C=O) groups excluding carboxylic acids is 1. The number of thioether (sulfide) groups is 1. The molecule has 1 unspecified atom stereocenters. The molecule has 30 heavy (non-hydrogen) atoms. The zero-order chi connectivity index (χ0) is 21.3. The van der Waals surface area contributed by atoms with E-state index in [1.807, 2.05) is 55.7 Å². The first kappa shape index (κ1) is 20.4. The number of carbonyl (C=O) groups is 1. The van der Waals surface area contributed by atoms with Gasteiger partial charge in [-0.05, 0) is 32.9 Å². The molecule has 4 aromatic rings. The summed E-state index contributed by atoms with van der Waals surface area (Å²) < 4.78 is 7.85. The van der Waals surface area contributed by atoms with Crippen LogP contribution >= 0.6 is 23.1 Å². The van der Waals surface area contributed by atoms with Crippen molar-refractivity contribution in [3.8, 4) is 11.6 Å². The summed E-state index contributed by atoms with van der Waals surface area (Å²) in [7, 11) is 0. The van der Waals surface area contributed by atoms with Crippen LogP contribution in [0.25, 0.3) is 22.6 Å². The number of aryl methyl sites for hydroxylation is 2. The van der Waals surface area contributed by atoms with Gasteiger partial charge < -0.3 is 9.73 Å². The van der Waals surface area contributed by atoms with Crippen molar-refractivity contribution >= 4 is 45.1 Å². The van der Waals surface area contributed by atoms with E-state index < -0.39 is 0 Å². The average Bonchev–Trinajstić information content (AvgIpc) is 3.40. The number of allylic oxidation sites excluding steroid dienone is 1. The van der Waals surface area contributed by atoms with Crippen LogP contribution in [0.2, 0.25) is 0 Å². The summed E-state index contributed by atoms with van der Waals surface area (Å²) in [6.07, 6.45) is 1.77. The molecule has 3 heterocycles. The first-order valence-electron chi connectivity index (χ1n) is 9.41. The number of amides is 1. The molecule has 0 aliphatic carbocycles. The third kappa shape index (κ3) is 4.03. The van der Waals surface area contributed by atoms with Gasteiger partial charge in [-0.1, -0.05) is 36.0 Å². The van der Waals surface area contributed by atoms with Crippen LogP contribution in [0, 0.1) is 13.8 Å². The normalized spacial score (nSPS) is 12.2. The fourth-order valence-electron chi connectivity index (χ4n) is 2.89. The molecule has 0 spiro atoms. The van der Waals surface area contributed by atoms with Gasteiger partial charge in [-0.2, -0.15) is 0 Å². The van der Waals surface area contributed by atoms with E-state index in [0.717, 1.165) is 21.5 Å². The Morgan fingerprint density at radius 1 is 1.37 bits per heavy atom. The largest absolute Gasteiger partial charge is 0.453 e. The number of hydrogen-bond donors (Lipinski definition) is 1. The van der Waals surface area contributed by atoms with Crippen LogP contribution in [-0.4, -0.2) is 30.9 Å². The maximum absolute atomic E-state index is 12.6. The lowest BCUT2D eigenvalue weighted by Gasteiger charge is -2.11. The molecule has 154 valence electrons. The molecular formula is C21H21N5O2S2. The van der Waals surface area contributed by atoms with Gasteiger partial charge in [0.15, 0.2) is 16.0 Å². The summed E-state index contributed by atoms with van der Waals surface area (Å²) in [6.45, 7) is 10.1. The first-order chi connectivity index (χ1) is 14.5. The van der Waals surface area contributed by atoms with E-state index >= 15 is 0 Å². The number of benzene rings is 1. The molecular weight excluding hydrogens is 418 g/mol. The molecule has 0 bridgehead atoms. The Kier molecular flexibility index (Phi) is 5.74. The number of nitrogens with zero attached hydrogens (tertiary/aromatic N) is 4. The van der Waals surface area contributed by atoms with Gasteiger partial charge >= 0.3 is 0 Å². The Hall–Kier alpha value is -2.91. The van der Waals surface area contributed by atoms with E-state index in [0.29, 0.717) is 28.4 Å². The molecule has 1 amide bonds. The van der Waals surface area contributed by atoms with Gasteiger partial charge in [0.05, 0.1) is 10.9 Å². The van der Waals surface area contributed by atoms with Crippen molar-refractivity contribution in [3.63, 3.8) is 0 Å². The number of rotatable bonds is 7. The fraction of sp³-hybridized carbons (Fsp3) is 0.238. The second-order valence-electron chi connectivity index (χ2n) is 6.76. The van der Waals surface area contributed by atoms with Crippen molar-refractivity contribution < 1.29 is 9.21 Å². The summed E-state index contributed by atoms with van der Waals surface area (Å²) in [5, 5.41) is 13.4. The van der Waals surface area contributed by atoms with E-state index in [2.05, 4.69) is 27.1 Å². The zero-order valence-corrected chi connectivity index (χ0v) is 18.5. The SMILES string of the molecule is C=CCn1c(SC(C)C(=O)Nc2nc(C)c(C)s2)nnc1-c1cc2ccccc2o1. The Morgan fingerprint density at radius 2 is 2.17 bits per heavy atom.